The molecule has 7 heteroatoms. The van der Waals surface area contributed by atoms with Crippen LogP contribution in [-0.4, -0.2) is 66.8 Å². The first kappa shape index (κ1) is 22.1. The number of halogens is 1. The normalized spacial score (nSPS) is 27.4. The molecule has 1 aromatic rings. The number of amides is 1. The topological polar surface area (TPSA) is 57.7 Å². The molecule has 3 aliphatic rings. The predicted octanol–water partition coefficient (Wildman–Crippen LogP) is 3.70. The third kappa shape index (κ3) is 5.20. The summed E-state index contributed by atoms with van der Waals surface area (Å²) in [6, 6.07) is 8.32. The summed E-state index contributed by atoms with van der Waals surface area (Å²) < 4.78 is 24.2. The third-order valence-corrected chi connectivity index (χ3v) is 9.23. The first-order valence-corrected chi connectivity index (χ1v) is 13.6. The Labute approximate surface area is 185 Å². The van der Waals surface area contributed by atoms with Gasteiger partial charge in [0.1, 0.15) is 0 Å². The number of sulfone groups is 1. The van der Waals surface area contributed by atoms with Crippen LogP contribution in [0.25, 0.3) is 0 Å². The van der Waals surface area contributed by atoms with Gasteiger partial charge in [0.15, 0.2) is 9.84 Å². The van der Waals surface area contributed by atoms with Gasteiger partial charge in [-0.15, -0.1) is 0 Å². The zero-order valence-corrected chi connectivity index (χ0v) is 19.2. The van der Waals surface area contributed by atoms with Crippen molar-refractivity contribution in [2.75, 3.05) is 24.6 Å². The second-order valence-corrected chi connectivity index (χ2v) is 11.8. The van der Waals surface area contributed by atoms with Gasteiger partial charge in [-0.25, -0.2) is 8.42 Å². The Kier molecular flexibility index (Phi) is 7.05. The van der Waals surface area contributed by atoms with Gasteiger partial charge in [-0.1, -0.05) is 49.1 Å². The molecule has 0 N–H and O–H groups in total. The van der Waals surface area contributed by atoms with Crippen molar-refractivity contribution >= 4 is 27.3 Å². The zero-order valence-electron chi connectivity index (χ0n) is 17.6. The zero-order chi connectivity index (χ0) is 21.1. The standard InChI is InChI=1S/C23H33ClN2O3S/c24-22-11-5-4-7-18(22)15-20-10-6-13-25(20)16-23(27)26(19-8-2-1-3-9-19)21-12-14-30(28,29)17-21/h4-5,7,11,19-21H,1-3,6,8-10,12-17H2/t20-,21+/m0/s1. The summed E-state index contributed by atoms with van der Waals surface area (Å²) in [5, 5.41) is 0.788. The summed E-state index contributed by atoms with van der Waals surface area (Å²) in [6.45, 7) is 1.31. The number of nitrogens with zero attached hydrogens (tertiary/aromatic N) is 2. The second-order valence-electron chi connectivity index (χ2n) is 9.21. The lowest BCUT2D eigenvalue weighted by atomic mass is 9.92. The van der Waals surface area contributed by atoms with E-state index in [4.69, 9.17) is 11.6 Å². The predicted molar refractivity (Wildman–Crippen MR) is 121 cm³/mol. The van der Waals surface area contributed by atoms with Gasteiger partial charge in [0.25, 0.3) is 0 Å². The van der Waals surface area contributed by atoms with E-state index in [1.54, 1.807) is 0 Å². The molecule has 2 saturated heterocycles. The highest BCUT2D eigenvalue weighted by atomic mass is 35.5. The minimum atomic E-state index is -3.02. The molecule has 0 spiro atoms. The fourth-order valence-corrected chi connectivity index (χ4v) is 7.49. The Morgan fingerprint density at radius 3 is 2.50 bits per heavy atom. The number of likely N-dealkylation sites (tertiary alicyclic amines) is 1. The van der Waals surface area contributed by atoms with Crippen molar-refractivity contribution in [3.63, 3.8) is 0 Å². The maximum Gasteiger partial charge on any atom is 0.237 e. The Bertz CT molecular complexity index is 854. The van der Waals surface area contributed by atoms with E-state index in [0.29, 0.717) is 19.0 Å². The number of carbonyl (C=O) groups excluding carboxylic acids is 1. The van der Waals surface area contributed by atoms with Gasteiger partial charge in [-0.3, -0.25) is 9.69 Å². The van der Waals surface area contributed by atoms with Crippen molar-refractivity contribution in [2.24, 2.45) is 0 Å². The summed E-state index contributed by atoms with van der Waals surface area (Å²) in [5.74, 6) is 0.473. The second kappa shape index (κ2) is 9.58. The van der Waals surface area contributed by atoms with Crippen LogP contribution in [0.2, 0.25) is 5.02 Å². The molecule has 2 aliphatic heterocycles. The summed E-state index contributed by atoms with van der Waals surface area (Å²) in [4.78, 5) is 17.8. The summed E-state index contributed by atoms with van der Waals surface area (Å²) in [7, 11) is -3.02. The third-order valence-electron chi connectivity index (χ3n) is 7.11. The monoisotopic (exact) mass is 452 g/mol. The van der Waals surface area contributed by atoms with Crippen LogP contribution in [0.1, 0.15) is 56.9 Å². The van der Waals surface area contributed by atoms with Gasteiger partial charge in [0.2, 0.25) is 5.91 Å². The Balaban J connectivity index is 1.46. The molecule has 2 heterocycles. The smallest absolute Gasteiger partial charge is 0.237 e. The van der Waals surface area contributed by atoms with E-state index in [1.165, 1.54) is 6.42 Å². The van der Waals surface area contributed by atoms with E-state index in [-0.39, 0.29) is 29.5 Å². The Morgan fingerprint density at radius 1 is 1.03 bits per heavy atom. The van der Waals surface area contributed by atoms with Crippen molar-refractivity contribution in [3.8, 4) is 0 Å². The number of hydrogen-bond acceptors (Lipinski definition) is 4. The highest BCUT2D eigenvalue weighted by Gasteiger charge is 2.39. The van der Waals surface area contributed by atoms with E-state index >= 15 is 0 Å². The fraction of sp³-hybridized carbons (Fsp3) is 0.696. The Morgan fingerprint density at radius 2 is 1.80 bits per heavy atom. The quantitative estimate of drug-likeness (QED) is 0.660. The van der Waals surface area contributed by atoms with Gasteiger partial charge in [0, 0.05) is 23.1 Å². The van der Waals surface area contributed by atoms with Crippen LogP contribution in [0.4, 0.5) is 0 Å². The van der Waals surface area contributed by atoms with Gasteiger partial charge >= 0.3 is 0 Å². The summed E-state index contributed by atoms with van der Waals surface area (Å²) in [6.07, 6.45) is 9.09. The van der Waals surface area contributed by atoms with Crippen LogP contribution in [-0.2, 0) is 21.1 Å². The molecule has 166 valence electrons. The van der Waals surface area contributed by atoms with Crippen LogP contribution in [0.3, 0.4) is 0 Å². The molecule has 1 aliphatic carbocycles. The van der Waals surface area contributed by atoms with Crippen molar-refractivity contribution < 1.29 is 13.2 Å². The van der Waals surface area contributed by atoms with Crippen molar-refractivity contribution in [1.29, 1.82) is 0 Å². The molecular formula is C23H33ClN2O3S. The molecule has 0 bridgehead atoms. The SMILES string of the molecule is O=C(CN1CCC[C@H]1Cc1ccccc1Cl)N(C1CCCCC1)[C@@H]1CCS(=O)(=O)C1. The van der Waals surface area contributed by atoms with Crippen molar-refractivity contribution in [1.82, 2.24) is 9.80 Å². The fourth-order valence-electron chi connectivity index (χ4n) is 5.57. The number of rotatable bonds is 6. The lowest BCUT2D eigenvalue weighted by Gasteiger charge is -2.39. The van der Waals surface area contributed by atoms with Crippen LogP contribution < -0.4 is 0 Å². The molecule has 2 atom stereocenters. The number of carbonyl (C=O) groups is 1. The molecule has 0 aromatic heterocycles. The minimum absolute atomic E-state index is 0.120. The summed E-state index contributed by atoms with van der Waals surface area (Å²) >= 11 is 6.37. The molecule has 1 saturated carbocycles. The van der Waals surface area contributed by atoms with Crippen molar-refractivity contribution in [3.05, 3.63) is 34.9 Å². The first-order valence-electron chi connectivity index (χ1n) is 11.4. The van der Waals surface area contributed by atoms with Crippen LogP contribution in [0.15, 0.2) is 24.3 Å². The molecule has 3 fully saturated rings. The molecule has 1 amide bonds. The van der Waals surface area contributed by atoms with Crippen LogP contribution >= 0.6 is 11.6 Å². The van der Waals surface area contributed by atoms with Gasteiger partial charge < -0.3 is 4.90 Å². The van der Waals surface area contributed by atoms with Gasteiger partial charge in [-0.2, -0.15) is 0 Å². The largest absolute Gasteiger partial charge is 0.335 e. The maximum atomic E-state index is 13.5. The van der Waals surface area contributed by atoms with E-state index in [9.17, 15) is 13.2 Å². The number of benzene rings is 1. The van der Waals surface area contributed by atoms with Crippen LogP contribution in [0, 0.1) is 0 Å². The number of hydrogen-bond donors (Lipinski definition) is 0. The average molecular weight is 453 g/mol. The van der Waals surface area contributed by atoms with E-state index in [1.807, 2.05) is 23.1 Å². The first-order chi connectivity index (χ1) is 14.4. The molecule has 30 heavy (non-hydrogen) atoms. The average Bonchev–Trinajstić information content (AvgIpc) is 3.30. The van der Waals surface area contributed by atoms with E-state index in [2.05, 4.69) is 11.0 Å². The van der Waals surface area contributed by atoms with Crippen LogP contribution in [0.5, 0.6) is 0 Å². The minimum Gasteiger partial charge on any atom is -0.335 e. The van der Waals surface area contributed by atoms with Gasteiger partial charge in [-0.05, 0) is 56.7 Å². The molecule has 0 unspecified atom stereocenters. The molecule has 4 rings (SSSR count). The van der Waals surface area contributed by atoms with Crippen molar-refractivity contribution in [2.45, 2.75) is 75.9 Å². The molecule has 0 radical (unpaired) electrons. The summed E-state index contributed by atoms with van der Waals surface area (Å²) in [5.41, 5.74) is 1.13. The maximum absolute atomic E-state index is 13.5. The highest BCUT2D eigenvalue weighted by Crippen LogP contribution is 2.30. The molecular weight excluding hydrogens is 420 g/mol. The lowest BCUT2D eigenvalue weighted by molar-refractivity contribution is -0.138. The van der Waals surface area contributed by atoms with E-state index in [0.717, 1.165) is 62.1 Å². The molecule has 1 aromatic carbocycles. The lowest BCUT2D eigenvalue weighted by Crippen LogP contribution is -2.52. The van der Waals surface area contributed by atoms with E-state index < -0.39 is 9.84 Å². The molecule has 5 nitrogen and oxygen atoms in total. The highest BCUT2D eigenvalue weighted by molar-refractivity contribution is 7.91. The Hall–Kier alpha value is -1.11. The van der Waals surface area contributed by atoms with Gasteiger partial charge in [0.05, 0.1) is 18.1 Å².